The van der Waals surface area contributed by atoms with Gasteiger partial charge in [-0.1, -0.05) is 33.1 Å². The molecule has 0 bridgehead atoms. The maximum Gasteiger partial charge on any atom is 0.0802 e. The second-order valence-electron chi connectivity index (χ2n) is 5.29. The Morgan fingerprint density at radius 1 is 1.31 bits per heavy atom. The summed E-state index contributed by atoms with van der Waals surface area (Å²) >= 11 is 0. The molecule has 0 saturated heterocycles. The molecule has 0 heterocycles. The standard InChI is InChI=1S/C14H29NO/c1-4-6-8-13(5-2)11-15-12-14(16-3)9-7-10-14/h13,15H,4-12H2,1-3H3. The highest BCUT2D eigenvalue weighted by Crippen LogP contribution is 2.34. The third-order valence-corrected chi connectivity index (χ3v) is 4.12. The summed E-state index contributed by atoms with van der Waals surface area (Å²) in [5, 5.41) is 3.61. The van der Waals surface area contributed by atoms with Gasteiger partial charge in [0.15, 0.2) is 0 Å². The van der Waals surface area contributed by atoms with E-state index in [9.17, 15) is 0 Å². The van der Waals surface area contributed by atoms with Gasteiger partial charge in [0.05, 0.1) is 5.60 Å². The van der Waals surface area contributed by atoms with E-state index in [2.05, 4.69) is 19.2 Å². The van der Waals surface area contributed by atoms with Crippen LogP contribution in [0.1, 0.15) is 58.8 Å². The van der Waals surface area contributed by atoms with E-state index in [4.69, 9.17) is 4.74 Å². The number of unbranched alkanes of at least 4 members (excludes halogenated alkanes) is 1. The van der Waals surface area contributed by atoms with Gasteiger partial charge in [0.25, 0.3) is 0 Å². The van der Waals surface area contributed by atoms with Crippen LogP contribution >= 0.6 is 0 Å². The molecule has 1 fully saturated rings. The molecule has 0 aromatic rings. The molecular formula is C14H29NO. The van der Waals surface area contributed by atoms with E-state index >= 15 is 0 Å². The summed E-state index contributed by atoms with van der Waals surface area (Å²) in [5.74, 6) is 0.855. The third-order valence-electron chi connectivity index (χ3n) is 4.12. The first kappa shape index (κ1) is 14.0. The molecule has 1 N–H and O–H groups in total. The molecule has 1 rings (SSSR count). The second-order valence-corrected chi connectivity index (χ2v) is 5.29. The average molecular weight is 227 g/mol. The molecule has 1 aliphatic carbocycles. The van der Waals surface area contributed by atoms with Gasteiger partial charge >= 0.3 is 0 Å². The molecular weight excluding hydrogens is 198 g/mol. The molecule has 1 aliphatic rings. The van der Waals surface area contributed by atoms with Gasteiger partial charge in [0.1, 0.15) is 0 Å². The molecule has 2 nitrogen and oxygen atoms in total. The molecule has 96 valence electrons. The number of methoxy groups -OCH3 is 1. The Morgan fingerprint density at radius 3 is 2.50 bits per heavy atom. The Bertz CT molecular complexity index is 172. The molecule has 1 atom stereocenters. The van der Waals surface area contributed by atoms with E-state index in [0.717, 1.165) is 12.5 Å². The Morgan fingerprint density at radius 2 is 2.06 bits per heavy atom. The lowest BCUT2D eigenvalue weighted by Crippen LogP contribution is -2.48. The van der Waals surface area contributed by atoms with Crippen molar-refractivity contribution in [3.63, 3.8) is 0 Å². The van der Waals surface area contributed by atoms with Crippen LogP contribution in [0.15, 0.2) is 0 Å². The summed E-state index contributed by atoms with van der Waals surface area (Å²) in [7, 11) is 1.86. The summed E-state index contributed by atoms with van der Waals surface area (Å²) in [6.45, 7) is 6.79. The molecule has 0 spiro atoms. The first-order chi connectivity index (χ1) is 7.76. The highest BCUT2D eigenvalue weighted by atomic mass is 16.5. The normalized spacial score (nSPS) is 20.4. The molecule has 0 amide bonds. The SMILES string of the molecule is CCCCC(CC)CNCC1(OC)CCC1. The molecule has 0 aromatic heterocycles. The van der Waals surface area contributed by atoms with Crippen molar-refractivity contribution in [1.29, 1.82) is 0 Å². The molecule has 0 aliphatic heterocycles. The first-order valence-electron chi connectivity index (χ1n) is 7.02. The van der Waals surface area contributed by atoms with Gasteiger partial charge < -0.3 is 10.1 Å². The van der Waals surface area contributed by atoms with E-state index in [0.29, 0.717) is 0 Å². The van der Waals surface area contributed by atoms with Gasteiger partial charge in [-0.3, -0.25) is 0 Å². The minimum atomic E-state index is 0.184. The molecule has 0 aromatic carbocycles. The van der Waals surface area contributed by atoms with Crippen LogP contribution in [0.5, 0.6) is 0 Å². The molecule has 16 heavy (non-hydrogen) atoms. The van der Waals surface area contributed by atoms with Crippen molar-refractivity contribution in [2.24, 2.45) is 5.92 Å². The Hall–Kier alpha value is -0.0800. The van der Waals surface area contributed by atoms with Gasteiger partial charge in [-0.05, 0) is 38.1 Å². The van der Waals surface area contributed by atoms with Crippen LogP contribution in [-0.2, 0) is 4.74 Å². The van der Waals surface area contributed by atoms with Crippen LogP contribution in [0.2, 0.25) is 0 Å². The van der Waals surface area contributed by atoms with Crippen molar-refractivity contribution < 1.29 is 4.74 Å². The lowest BCUT2D eigenvalue weighted by atomic mass is 9.80. The highest BCUT2D eigenvalue weighted by Gasteiger charge is 2.36. The summed E-state index contributed by atoms with van der Waals surface area (Å²) in [6.07, 6.45) is 9.17. The zero-order valence-electron chi connectivity index (χ0n) is 11.3. The van der Waals surface area contributed by atoms with Crippen molar-refractivity contribution in [3.05, 3.63) is 0 Å². The van der Waals surface area contributed by atoms with Gasteiger partial charge in [-0.25, -0.2) is 0 Å². The first-order valence-corrected chi connectivity index (χ1v) is 7.02. The zero-order chi connectivity index (χ0) is 11.9. The predicted molar refractivity (Wildman–Crippen MR) is 69.8 cm³/mol. The summed E-state index contributed by atoms with van der Waals surface area (Å²) in [6, 6.07) is 0. The monoisotopic (exact) mass is 227 g/mol. The quantitative estimate of drug-likeness (QED) is 0.652. The number of rotatable bonds is 9. The van der Waals surface area contributed by atoms with E-state index < -0.39 is 0 Å². The fourth-order valence-corrected chi connectivity index (χ4v) is 2.47. The zero-order valence-corrected chi connectivity index (χ0v) is 11.3. The number of nitrogens with one attached hydrogen (secondary N) is 1. The lowest BCUT2D eigenvalue weighted by Gasteiger charge is -2.41. The van der Waals surface area contributed by atoms with Crippen LogP contribution in [-0.4, -0.2) is 25.8 Å². The van der Waals surface area contributed by atoms with E-state index in [1.54, 1.807) is 0 Å². The number of hydrogen-bond donors (Lipinski definition) is 1. The minimum absolute atomic E-state index is 0.184. The lowest BCUT2D eigenvalue weighted by molar-refractivity contribution is -0.0697. The molecule has 2 heteroatoms. The van der Waals surface area contributed by atoms with Gasteiger partial charge in [0, 0.05) is 13.7 Å². The van der Waals surface area contributed by atoms with E-state index in [-0.39, 0.29) is 5.60 Å². The number of hydrogen-bond acceptors (Lipinski definition) is 2. The minimum Gasteiger partial charge on any atom is -0.377 e. The maximum atomic E-state index is 5.61. The Balaban J connectivity index is 2.12. The maximum absolute atomic E-state index is 5.61. The van der Waals surface area contributed by atoms with Crippen LogP contribution < -0.4 is 5.32 Å². The van der Waals surface area contributed by atoms with Crippen LogP contribution in [0, 0.1) is 5.92 Å². The van der Waals surface area contributed by atoms with Crippen molar-refractivity contribution in [3.8, 4) is 0 Å². The largest absolute Gasteiger partial charge is 0.377 e. The van der Waals surface area contributed by atoms with Crippen LogP contribution in [0.4, 0.5) is 0 Å². The summed E-state index contributed by atoms with van der Waals surface area (Å²) in [5.41, 5.74) is 0.184. The highest BCUT2D eigenvalue weighted by molar-refractivity contribution is 4.91. The fourth-order valence-electron chi connectivity index (χ4n) is 2.47. The van der Waals surface area contributed by atoms with Crippen LogP contribution in [0.3, 0.4) is 0 Å². The van der Waals surface area contributed by atoms with E-state index in [1.165, 1.54) is 51.5 Å². The van der Waals surface area contributed by atoms with Crippen LogP contribution in [0.25, 0.3) is 0 Å². The fraction of sp³-hybridized carbons (Fsp3) is 1.00. The van der Waals surface area contributed by atoms with E-state index in [1.807, 2.05) is 7.11 Å². The Labute approximate surface area is 101 Å². The smallest absolute Gasteiger partial charge is 0.0802 e. The topological polar surface area (TPSA) is 21.3 Å². The van der Waals surface area contributed by atoms with Gasteiger partial charge in [-0.2, -0.15) is 0 Å². The summed E-state index contributed by atoms with van der Waals surface area (Å²) in [4.78, 5) is 0. The van der Waals surface area contributed by atoms with Crippen molar-refractivity contribution in [1.82, 2.24) is 5.32 Å². The van der Waals surface area contributed by atoms with Crippen molar-refractivity contribution in [2.45, 2.75) is 64.4 Å². The second kappa shape index (κ2) is 7.29. The van der Waals surface area contributed by atoms with Crippen molar-refractivity contribution >= 4 is 0 Å². The van der Waals surface area contributed by atoms with Crippen molar-refractivity contribution in [2.75, 3.05) is 20.2 Å². The molecule has 1 unspecified atom stereocenters. The third kappa shape index (κ3) is 4.06. The summed E-state index contributed by atoms with van der Waals surface area (Å²) < 4.78 is 5.61. The predicted octanol–water partition coefficient (Wildman–Crippen LogP) is 3.36. The van der Waals surface area contributed by atoms with Gasteiger partial charge in [-0.15, -0.1) is 0 Å². The average Bonchev–Trinajstić information content (AvgIpc) is 2.26. The Kier molecular flexibility index (Phi) is 6.37. The number of ether oxygens (including phenoxy) is 1. The molecule has 0 radical (unpaired) electrons. The molecule has 1 saturated carbocycles. The van der Waals surface area contributed by atoms with Gasteiger partial charge in [0.2, 0.25) is 0 Å².